The molecule has 26 heavy (non-hydrogen) atoms. The quantitative estimate of drug-likeness (QED) is 0.860. The number of anilines is 1. The molecule has 1 amide bonds. The van der Waals surface area contributed by atoms with Gasteiger partial charge in [-0.25, -0.2) is 14.4 Å². The van der Waals surface area contributed by atoms with Crippen molar-refractivity contribution in [3.05, 3.63) is 47.7 Å². The van der Waals surface area contributed by atoms with Crippen LogP contribution in [0.2, 0.25) is 0 Å². The molecule has 0 radical (unpaired) electrons. The highest BCUT2D eigenvalue weighted by Gasteiger charge is 2.14. The normalized spacial score (nSPS) is 14.2. The maximum Gasteiger partial charge on any atom is 0.258 e. The van der Waals surface area contributed by atoms with Crippen LogP contribution in [-0.4, -0.2) is 35.6 Å². The van der Waals surface area contributed by atoms with Crippen molar-refractivity contribution in [3.8, 4) is 5.75 Å². The van der Waals surface area contributed by atoms with Crippen LogP contribution in [0.4, 0.5) is 10.2 Å². The van der Waals surface area contributed by atoms with Gasteiger partial charge in [0.1, 0.15) is 23.2 Å². The van der Waals surface area contributed by atoms with Gasteiger partial charge in [0.2, 0.25) is 0 Å². The molecule has 0 unspecified atom stereocenters. The van der Waals surface area contributed by atoms with E-state index in [9.17, 15) is 9.18 Å². The van der Waals surface area contributed by atoms with Crippen LogP contribution in [0.25, 0.3) is 0 Å². The molecule has 0 atom stereocenters. The Morgan fingerprint density at radius 3 is 2.65 bits per heavy atom. The van der Waals surface area contributed by atoms with Crippen LogP contribution in [0.1, 0.15) is 30.8 Å². The Kier molecular flexibility index (Phi) is 5.99. The number of amides is 1. The van der Waals surface area contributed by atoms with Gasteiger partial charge in [0.15, 0.2) is 6.61 Å². The molecule has 6 nitrogen and oxygen atoms in total. The maximum atomic E-state index is 12.8. The highest BCUT2D eigenvalue weighted by molar-refractivity contribution is 5.77. The molecule has 1 aliphatic heterocycles. The number of halogens is 1. The number of hydrogen-bond acceptors (Lipinski definition) is 5. The molecule has 1 saturated heterocycles. The van der Waals surface area contributed by atoms with E-state index in [1.165, 1.54) is 43.5 Å². The molecular weight excluding hydrogens is 335 g/mol. The van der Waals surface area contributed by atoms with Gasteiger partial charge in [-0.05, 0) is 50.5 Å². The second-order valence-electron chi connectivity index (χ2n) is 6.35. The van der Waals surface area contributed by atoms with Crippen LogP contribution >= 0.6 is 0 Å². The van der Waals surface area contributed by atoms with E-state index in [2.05, 4.69) is 20.2 Å². The van der Waals surface area contributed by atoms with Crippen molar-refractivity contribution in [2.45, 2.75) is 32.7 Å². The second-order valence-corrected chi connectivity index (χ2v) is 6.35. The van der Waals surface area contributed by atoms with Crippen LogP contribution in [-0.2, 0) is 11.3 Å². The molecule has 0 bridgehead atoms. The van der Waals surface area contributed by atoms with Gasteiger partial charge < -0.3 is 15.0 Å². The Hall–Kier alpha value is -2.70. The summed E-state index contributed by atoms with van der Waals surface area (Å²) in [6, 6.07) is 7.52. The Labute approximate surface area is 152 Å². The van der Waals surface area contributed by atoms with E-state index in [0.717, 1.165) is 24.6 Å². The maximum absolute atomic E-state index is 12.8. The van der Waals surface area contributed by atoms with E-state index in [-0.39, 0.29) is 24.9 Å². The molecule has 1 aliphatic rings. The molecule has 7 heteroatoms. The smallest absolute Gasteiger partial charge is 0.258 e. The minimum absolute atomic E-state index is 0.142. The van der Waals surface area contributed by atoms with Crippen molar-refractivity contribution in [2.24, 2.45) is 0 Å². The topological polar surface area (TPSA) is 67.4 Å². The predicted octanol–water partition coefficient (Wildman–Crippen LogP) is 2.61. The van der Waals surface area contributed by atoms with Crippen molar-refractivity contribution < 1.29 is 13.9 Å². The monoisotopic (exact) mass is 358 g/mol. The Morgan fingerprint density at radius 2 is 1.92 bits per heavy atom. The van der Waals surface area contributed by atoms with Gasteiger partial charge in [-0.2, -0.15) is 0 Å². The molecule has 138 valence electrons. The standard InChI is InChI=1S/C19H23FN4O2/c1-14-11-18(24-9-3-2-4-10-24)23-17(22-14)12-21-19(25)13-26-16-7-5-15(20)6-8-16/h5-8,11H,2-4,9-10,12-13H2,1H3,(H,21,25). The summed E-state index contributed by atoms with van der Waals surface area (Å²) in [5.74, 6) is 1.33. The van der Waals surface area contributed by atoms with E-state index in [4.69, 9.17) is 4.74 Å². The number of piperidine rings is 1. The number of aryl methyl sites for hydroxylation is 1. The van der Waals surface area contributed by atoms with Crippen molar-refractivity contribution in [2.75, 3.05) is 24.6 Å². The number of rotatable bonds is 6. The summed E-state index contributed by atoms with van der Waals surface area (Å²) in [5, 5.41) is 2.76. The third kappa shape index (κ3) is 5.15. The molecule has 3 rings (SSSR count). The number of hydrogen-bond donors (Lipinski definition) is 1. The van der Waals surface area contributed by atoms with Crippen LogP contribution in [0.5, 0.6) is 5.75 Å². The fourth-order valence-electron chi connectivity index (χ4n) is 2.88. The SMILES string of the molecule is Cc1cc(N2CCCCC2)nc(CNC(=O)COc2ccc(F)cc2)n1. The van der Waals surface area contributed by atoms with Crippen molar-refractivity contribution in [1.82, 2.24) is 15.3 Å². The van der Waals surface area contributed by atoms with Gasteiger partial charge in [0, 0.05) is 24.8 Å². The zero-order valence-electron chi connectivity index (χ0n) is 14.9. The van der Waals surface area contributed by atoms with Crippen LogP contribution < -0.4 is 15.0 Å². The zero-order valence-corrected chi connectivity index (χ0v) is 14.9. The molecule has 1 N–H and O–H groups in total. The first kappa shape index (κ1) is 18.1. The minimum Gasteiger partial charge on any atom is -0.484 e. The molecule has 0 aliphatic carbocycles. The second kappa shape index (κ2) is 8.60. The number of carbonyl (C=O) groups excluding carboxylic acids is 1. The summed E-state index contributed by atoms with van der Waals surface area (Å²) < 4.78 is 18.2. The van der Waals surface area contributed by atoms with Gasteiger partial charge in [0.25, 0.3) is 5.91 Å². The van der Waals surface area contributed by atoms with Crippen molar-refractivity contribution in [3.63, 3.8) is 0 Å². The summed E-state index contributed by atoms with van der Waals surface area (Å²) in [6.07, 6.45) is 3.61. The summed E-state index contributed by atoms with van der Waals surface area (Å²) in [4.78, 5) is 23.2. The van der Waals surface area contributed by atoms with Crippen LogP contribution in [0.15, 0.2) is 30.3 Å². The van der Waals surface area contributed by atoms with Crippen LogP contribution in [0.3, 0.4) is 0 Å². The first-order chi connectivity index (χ1) is 12.6. The van der Waals surface area contributed by atoms with Gasteiger partial charge in [-0.1, -0.05) is 0 Å². The summed E-state index contributed by atoms with van der Waals surface area (Å²) in [5.41, 5.74) is 0.882. The lowest BCUT2D eigenvalue weighted by atomic mass is 10.1. The number of ether oxygens (including phenoxy) is 1. The first-order valence-electron chi connectivity index (χ1n) is 8.85. The highest BCUT2D eigenvalue weighted by Crippen LogP contribution is 2.18. The fraction of sp³-hybridized carbons (Fsp3) is 0.421. The van der Waals surface area contributed by atoms with Crippen molar-refractivity contribution in [1.29, 1.82) is 0 Å². The lowest BCUT2D eigenvalue weighted by Gasteiger charge is -2.28. The fourth-order valence-corrected chi connectivity index (χ4v) is 2.88. The first-order valence-corrected chi connectivity index (χ1v) is 8.85. The van der Waals surface area contributed by atoms with Crippen LogP contribution in [0, 0.1) is 12.7 Å². The van der Waals surface area contributed by atoms with Gasteiger partial charge >= 0.3 is 0 Å². The van der Waals surface area contributed by atoms with E-state index in [0.29, 0.717) is 11.6 Å². The van der Waals surface area contributed by atoms with Crippen molar-refractivity contribution >= 4 is 11.7 Å². The van der Waals surface area contributed by atoms with Gasteiger partial charge in [-0.3, -0.25) is 4.79 Å². The lowest BCUT2D eigenvalue weighted by Crippen LogP contribution is -2.32. The number of benzene rings is 1. The van der Waals surface area contributed by atoms with E-state index >= 15 is 0 Å². The molecule has 1 fully saturated rings. The molecule has 1 aromatic carbocycles. The third-order valence-corrected chi connectivity index (χ3v) is 4.19. The summed E-state index contributed by atoms with van der Waals surface area (Å²) >= 11 is 0. The number of nitrogens with one attached hydrogen (secondary N) is 1. The van der Waals surface area contributed by atoms with E-state index in [1.807, 2.05) is 13.0 Å². The van der Waals surface area contributed by atoms with Gasteiger partial charge in [0.05, 0.1) is 6.54 Å². The number of nitrogens with zero attached hydrogens (tertiary/aromatic N) is 3. The number of aromatic nitrogens is 2. The summed E-state index contributed by atoms with van der Waals surface area (Å²) in [6.45, 7) is 4.05. The predicted molar refractivity (Wildman–Crippen MR) is 96.6 cm³/mol. The lowest BCUT2D eigenvalue weighted by molar-refractivity contribution is -0.123. The largest absolute Gasteiger partial charge is 0.484 e. The Bertz CT molecular complexity index is 746. The van der Waals surface area contributed by atoms with E-state index in [1.54, 1.807) is 0 Å². The Balaban J connectivity index is 1.52. The summed E-state index contributed by atoms with van der Waals surface area (Å²) in [7, 11) is 0. The third-order valence-electron chi connectivity index (χ3n) is 4.19. The Morgan fingerprint density at radius 1 is 1.19 bits per heavy atom. The van der Waals surface area contributed by atoms with Gasteiger partial charge in [-0.15, -0.1) is 0 Å². The molecule has 0 spiro atoms. The molecule has 1 aromatic heterocycles. The molecule has 2 aromatic rings. The molecule has 2 heterocycles. The average molecular weight is 358 g/mol. The highest BCUT2D eigenvalue weighted by atomic mass is 19.1. The minimum atomic E-state index is -0.345. The molecular formula is C19H23FN4O2. The average Bonchev–Trinajstić information content (AvgIpc) is 2.66. The zero-order chi connectivity index (χ0) is 18.4. The number of carbonyl (C=O) groups is 1. The van der Waals surface area contributed by atoms with E-state index < -0.39 is 0 Å². The molecule has 0 saturated carbocycles.